The molecule has 21 heavy (non-hydrogen) atoms. The third-order valence-electron chi connectivity index (χ3n) is 3.08. The van der Waals surface area contributed by atoms with Crippen molar-refractivity contribution in [3.8, 4) is 0 Å². The Labute approximate surface area is 122 Å². The first-order valence-corrected chi connectivity index (χ1v) is 6.47. The molecule has 0 saturated heterocycles. The van der Waals surface area contributed by atoms with Crippen LogP contribution < -0.4 is 10.6 Å². The Balaban J connectivity index is 2.37. The zero-order chi connectivity index (χ0) is 15.4. The molecule has 1 atom stereocenters. The summed E-state index contributed by atoms with van der Waals surface area (Å²) < 4.78 is 0. The maximum Gasteiger partial charge on any atom is 0.337 e. The van der Waals surface area contributed by atoms with Crippen molar-refractivity contribution in [3.63, 3.8) is 0 Å². The smallest absolute Gasteiger partial charge is 0.337 e. The normalized spacial score (nSPS) is 11.7. The number of aromatic carboxylic acids is 1. The van der Waals surface area contributed by atoms with Gasteiger partial charge in [0.25, 0.3) is 0 Å². The highest BCUT2D eigenvalue weighted by Gasteiger charge is 2.14. The third kappa shape index (κ3) is 3.39. The fraction of sp³-hybridized carbons (Fsp3) is 0.125. The molecule has 0 saturated carbocycles. The molecule has 108 valence electrons. The standard InChI is InChI=1S/C16H16N2O3/c1-3-10(2)17-16(21)18-14-9-12-7-5-4-6-11(12)8-13(14)15(19)20/h3-10H,1H2,2H3,(H,19,20)(H2,17,18,21). The van der Waals surface area contributed by atoms with Gasteiger partial charge in [-0.3, -0.25) is 0 Å². The van der Waals surface area contributed by atoms with E-state index < -0.39 is 12.0 Å². The molecule has 0 spiro atoms. The summed E-state index contributed by atoms with van der Waals surface area (Å²) in [5.74, 6) is -1.09. The average Bonchev–Trinajstić information content (AvgIpc) is 2.46. The number of carboxylic acids is 1. The van der Waals surface area contributed by atoms with E-state index in [4.69, 9.17) is 0 Å². The number of urea groups is 1. The van der Waals surface area contributed by atoms with E-state index in [0.717, 1.165) is 10.8 Å². The summed E-state index contributed by atoms with van der Waals surface area (Å²) in [4.78, 5) is 23.2. The first-order chi connectivity index (χ1) is 10.0. The number of fused-ring (bicyclic) bond motifs is 1. The molecule has 0 fully saturated rings. The number of carboxylic acid groups (broad SMARTS) is 1. The van der Waals surface area contributed by atoms with Gasteiger partial charge >= 0.3 is 12.0 Å². The Morgan fingerprint density at radius 3 is 2.43 bits per heavy atom. The van der Waals surface area contributed by atoms with Gasteiger partial charge in [-0.25, -0.2) is 9.59 Å². The van der Waals surface area contributed by atoms with Crippen molar-refractivity contribution < 1.29 is 14.7 Å². The predicted molar refractivity (Wildman–Crippen MR) is 82.7 cm³/mol. The van der Waals surface area contributed by atoms with Crippen molar-refractivity contribution in [2.75, 3.05) is 5.32 Å². The fourth-order valence-corrected chi connectivity index (χ4v) is 1.94. The second-order valence-corrected chi connectivity index (χ2v) is 4.67. The van der Waals surface area contributed by atoms with Crippen molar-refractivity contribution in [1.82, 2.24) is 5.32 Å². The topological polar surface area (TPSA) is 78.4 Å². The number of hydrogen-bond donors (Lipinski definition) is 3. The second kappa shape index (κ2) is 6.09. The van der Waals surface area contributed by atoms with Crippen LogP contribution in [0.25, 0.3) is 10.8 Å². The molecule has 5 nitrogen and oxygen atoms in total. The average molecular weight is 284 g/mol. The van der Waals surface area contributed by atoms with Crippen molar-refractivity contribution in [3.05, 3.63) is 54.6 Å². The Bertz CT molecular complexity index is 710. The van der Waals surface area contributed by atoms with Crippen LogP contribution in [-0.4, -0.2) is 23.1 Å². The number of carbonyl (C=O) groups is 2. The van der Waals surface area contributed by atoms with Crippen molar-refractivity contribution in [1.29, 1.82) is 0 Å². The zero-order valence-corrected chi connectivity index (χ0v) is 11.6. The van der Waals surface area contributed by atoms with Crippen LogP contribution in [0.2, 0.25) is 0 Å². The Morgan fingerprint density at radius 2 is 1.86 bits per heavy atom. The van der Waals surface area contributed by atoms with Gasteiger partial charge in [0.2, 0.25) is 0 Å². The molecule has 0 bridgehead atoms. The third-order valence-corrected chi connectivity index (χ3v) is 3.08. The van der Waals surface area contributed by atoms with Crippen molar-refractivity contribution in [2.45, 2.75) is 13.0 Å². The Kier molecular flexibility index (Phi) is 4.23. The lowest BCUT2D eigenvalue weighted by Gasteiger charge is -2.13. The molecule has 1 unspecified atom stereocenters. The molecule has 2 amide bonds. The minimum atomic E-state index is -1.09. The molecule has 0 radical (unpaired) electrons. The van der Waals surface area contributed by atoms with Crippen LogP contribution in [0.5, 0.6) is 0 Å². The molecule has 0 aliphatic rings. The summed E-state index contributed by atoms with van der Waals surface area (Å²) in [5, 5.41) is 16.1. The minimum Gasteiger partial charge on any atom is -0.478 e. The van der Waals surface area contributed by atoms with Crippen LogP contribution in [0.1, 0.15) is 17.3 Å². The summed E-state index contributed by atoms with van der Waals surface area (Å²) in [5.41, 5.74) is 0.310. The van der Waals surface area contributed by atoms with Crippen molar-refractivity contribution in [2.24, 2.45) is 0 Å². The van der Waals surface area contributed by atoms with Crippen LogP contribution in [0.3, 0.4) is 0 Å². The highest BCUT2D eigenvalue weighted by atomic mass is 16.4. The Hall–Kier alpha value is -2.82. The lowest BCUT2D eigenvalue weighted by molar-refractivity contribution is 0.0698. The highest BCUT2D eigenvalue weighted by molar-refractivity contribution is 6.04. The summed E-state index contributed by atoms with van der Waals surface area (Å²) in [6, 6.07) is 9.88. The number of carbonyl (C=O) groups excluding carboxylic acids is 1. The first kappa shape index (κ1) is 14.6. The van der Waals surface area contributed by atoms with E-state index in [0.29, 0.717) is 0 Å². The molecule has 0 aliphatic heterocycles. The molecule has 5 heteroatoms. The molecule has 2 aromatic carbocycles. The maximum absolute atomic E-state index is 11.8. The second-order valence-electron chi connectivity index (χ2n) is 4.67. The predicted octanol–water partition coefficient (Wildman–Crippen LogP) is 3.23. The minimum absolute atomic E-state index is 0.0510. The number of hydrogen-bond acceptors (Lipinski definition) is 2. The molecule has 3 N–H and O–H groups in total. The van der Waals surface area contributed by atoms with Gasteiger partial charge in [0.15, 0.2) is 0 Å². The van der Waals surface area contributed by atoms with E-state index in [9.17, 15) is 14.7 Å². The number of rotatable bonds is 4. The number of nitrogens with one attached hydrogen (secondary N) is 2. The van der Waals surface area contributed by atoms with Crippen LogP contribution >= 0.6 is 0 Å². The monoisotopic (exact) mass is 284 g/mol. The van der Waals surface area contributed by atoms with Crippen LogP contribution in [0.4, 0.5) is 10.5 Å². The number of amides is 2. The highest BCUT2D eigenvalue weighted by Crippen LogP contribution is 2.24. The van der Waals surface area contributed by atoms with Crippen LogP contribution in [0, 0.1) is 0 Å². The van der Waals surface area contributed by atoms with Gasteiger partial charge in [-0.2, -0.15) is 0 Å². The van der Waals surface area contributed by atoms with Crippen molar-refractivity contribution >= 4 is 28.5 Å². The molecule has 0 aliphatic carbocycles. The van der Waals surface area contributed by atoms with Gasteiger partial charge in [0, 0.05) is 6.04 Å². The number of benzene rings is 2. The van der Waals surface area contributed by atoms with Crippen LogP contribution in [0.15, 0.2) is 49.1 Å². The van der Waals surface area contributed by atoms with E-state index in [-0.39, 0.29) is 17.3 Å². The quantitative estimate of drug-likeness (QED) is 0.754. The molecule has 0 aromatic heterocycles. The summed E-state index contributed by atoms with van der Waals surface area (Å²) in [6.07, 6.45) is 1.58. The fourth-order valence-electron chi connectivity index (χ4n) is 1.94. The molecule has 2 rings (SSSR count). The Morgan fingerprint density at radius 1 is 1.24 bits per heavy atom. The van der Waals surface area contributed by atoms with E-state index >= 15 is 0 Å². The van der Waals surface area contributed by atoms with Gasteiger partial charge in [-0.1, -0.05) is 30.3 Å². The molecule has 0 heterocycles. The SMILES string of the molecule is C=CC(C)NC(=O)Nc1cc2ccccc2cc1C(=O)O. The maximum atomic E-state index is 11.8. The van der Waals surface area contributed by atoms with Gasteiger partial charge in [-0.15, -0.1) is 6.58 Å². The first-order valence-electron chi connectivity index (χ1n) is 6.47. The van der Waals surface area contributed by atoms with Crippen LogP contribution in [-0.2, 0) is 0 Å². The number of anilines is 1. The summed E-state index contributed by atoms with van der Waals surface area (Å²) in [7, 11) is 0. The van der Waals surface area contributed by atoms with Gasteiger partial charge in [0.1, 0.15) is 0 Å². The largest absolute Gasteiger partial charge is 0.478 e. The summed E-state index contributed by atoms with van der Waals surface area (Å²) in [6.45, 7) is 5.34. The van der Waals surface area contributed by atoms with Gasteiger partial charge in [-0.05, 0) is 29.8 Å². The van der Waals surface area contributed by atoms with Gasteiger partial charge < -0.3 is 15.7 Å². The lowest BCUT2D eigenvalue weighted by Crippen LogP contribution is -2.35. The van der Waals surface area contributed by atoms with Gasteiger partial charge in [0.05, 0.1) is 11.3 Å². The van der Waals surface area contributed by atoms with E-state index in [2.05, 4.69) is 17.2 Å². The lowest BCUT2D eigenvalue weighted by atomic mass is 10.0. The molecular formula is C16H16N2O3. The summed E-state index contributed by atoms with van der Waals surface area (Å²) >= 11 is 0. The zero-order valence-electron chi connectivity index (χ0n) is 11.6. The van der Waals surface area contributed by atoms with E-state index in [1.807, 2.05) is 24.3 Å². The molecule has 2 aromatic rings. The van der Waals surface area contributed by atoms with E-state index in [1.54, 1.807) is 25.1 Å². The molecular weight excluding hydrogens is 268 g/mol. The van der Waals surface area contributed by atoms with E-state index in [1.165, 1.54) is 0 Å².